The number of rotatable bonds is 3. The smallest absolute Gasteiger partial charge is 0.237 e. The lowest BCUT2D eigenvalue weighted by Crippen LogP contribution is -2.44. The molecule has 2 aliphatic rings. The molecule has 1 aromatic carbocycles. The van der Waals surface area contributed by atoms with Gasteiger partial charge in [-0.3, -0.25) is 4.90 Å². The van der Waals surface area contributed by atoms with Crippen molar-refractivity contribution in [1.29, 1.82) is 0 Å². The average molecular weight is 383 g/mol. The van der Waals surface area contributed by atoms with E-state index >= 15 is 0 Å². The zero-order valence-electron chi connectivity index (χ0n) is 14.8. The van der Waals surface area contributed by atoms with Crippen molar-refractivity contribution in [1.82, 2.24) is 20.4 Å². The third-order valence-corrected chi connectivity index (χ3v) is 5.40. The molecule has 0 radical (unpaired) electrons. The number of nitrogens with one attached hydrogen (secondary N) is 1. The van der Waals surface area contributed by atoms with E-state index < -0.39 is 5.41 Å². The Hall–Kier alpha value is -1.54. The van der Waals surface area contributed by atoms with E-state index in [-0.39, 0.29) is 24.3 Å². The van der Waals surface area contributed by atoms with Crippen LogP contribution in [0.4, 0.5) is 4.39 Å². The highest BCUT2D eigenvalue weighted by molar-refractivity contribution is 5.85. The van der Waals surface area contributed by atoms with Gasteiger partial charge in [-0.25, -0.2) is 4.39 Å². The molecule has 2 aromatic rings. The van der Waals surface area contributed by atoms with Gasteiger partial charge < -0.3 is 14.6 Å². The number of hydrogen-bond acceptors (Lipinski definition) is 6. The van der Waals surface area contributed by atoms with Gasteiger partial charge in [0, 0.05) is 32.8 Å². The van der Waals surface area contributed by atoms with Crippen LogP contribution in [0.25, 0.3) is 0 Å². The minimum absolute atomic E-state index is 0. The predicted octanol–water partition coefficient (Wildman–Crippen LogP) is 2.30. The molecule has 0 amide bonds. The molecule has 0 bridgehead atoms. The molecule has 2 aliphatic heterocycles. The van der Waals surface area contributed by atoms with Crippen molar-refractivity contribution in [3.63, 3.8) is 0 Å². The van der Waals surface area contributed by atoms with Crippen LogP contribution < -0.4 is 5.32 Å². The fourth-order valence-electron chi connectivity index (χ4n) is 3.77. The number of halogens is 2. The molecule has 0 saturated carbocycles. The second kappa shape index (κ2) is 8.00. The van der Waals surface area contributed by atoms with Gasteiger partial charge in [-0.05, 0) is 37.6 Å². The molecule has 3 heterocycles. The summed E-state index contributed by atoms with van der Waals surface area (Å²) in [5.41, 5.74) is 0.597. The van der Waals surface area contributed by atoms with Crippen molar-refractivity contribution in [3.05, 3.63) is 47.4 Å². The summed E-state index contributed by atoms with van der Waals surface area (Å²) in [5, 5.41) is 7.65. The normalized spacial score (nSPS) is 23.4. The van der Waals surface area contributed by atoms with Crippen LogP contribution in [-0.4, -0.2) is 54.9 Å². The minimum atomic E-state index is -0.405. The first-order valence-electron chi connectivity index (χ1n) is 8.78. The Morgan fingerprint density at radius 3 is 2.65 bits per heavy atom. The third-order valence-electron chi connectivity index (χ3n) is 5.40. The van der Waals surface area contributed by atoms with Gasteiger partial charge >= 0.3 is 0 Å². The topological polar surface area (TPSA) is 63.4 Å². The number of likely N-dealkylation sites (N-methyl/N-ethyl adjacent to an activating group) is 1. The lowest BCUT2D eigenvalue weighted by Gasteiger charge is -2.34. The van der Waals surface area contributed by atoms with Crippen LogP contribution in [0.15, 0.2) is 28.8 Å². The molecule has 0 spiro atoms. The molecule has 2 saturated heterocycles. The number of benzene rings is 1. The molecule has 6 nitrogen and oxygen atoms in total. The first kappa shape index (κ1) is 19.2. The van der Waals surface area contributed by atoms with E-state index in [4.69, 9.17) is 14.2 Å². The van der Waals surface area contributed by atoms with Gasteiger partial charge in [-0.2, -0.15) is 4.98 Å². The fourth-order valence-corrected chi connectivity index (χ4v) is 3.77. The average Bonchev–Trinajstić information content (AvgIpc) is 3.14. The maximum absolute atomic E-state index is 13.4. The van der Waals surface area contributed by atoms with Gasteiger partial charge in [0.15, 0.2) is 5.82 Å². The van der Waals surface area contributed by atoms with Crippen molar-refractivity contribution in [2.75, 3.05) is 39.9 Å². The Kier molecular flexibility index (Phi) is 5.92. The summed E-state index contributed by atoms with van der Waals surface area (Å²) < 4.78 is 24.7. The lowest BCUT2D eigenvalue weighted by atomic mass is 9.74. The Balaban J connectivity index is 0.00000196. The first-order valence-corrected chi connectivity index (χ1v) is 8.78. The van der Waals surface area contributed by atoms with Crippen molar-refractivity contribution in [3.8, 4) is 0 Å². The standard InChI is InChI=1S/C18H23FN4O2.ClH/c1-23-9-8-20-12-15(23)16-21-17(25-22-16)18(6-10-24-11-7-18)13-2-4-14(19)5-3-13;/h2-5,15,20H,6-12H2,1H3;1H. The largest absolute Gasteiger partial charge is 0.381 e. The summed E-state index contributed by atoms with van der Waals surface area (Å²) >= 11 is 0. The number of hydrogen-bond donors (Lipinski definition) is 1. The maximum atomic E-state index is 13.4. The quantitative estimate of drug-likeness (QED) is 0.878. The summed E-state index contributed by atoms with van der Waals surface area (Å²) in [4.78, 5) is 7.01. The van der Waals surface area contributed by atoms with Crippen LogP contribution in [0.5, 0.6) is 0 Å². The Morgan fingerprint density at radius 1 is 1.23 bits per heavy atom. The van der Waals surface area contributed by atoms with Crippen molar-refractivity contribution < 1.29 is 13.7 Å². The van der Waals surface area contributed by atoms with Crippen LogP contribution >= 0.6 is 12.4 Å². The molecule has 4 rings (SSSR count). The summed E-state index contributed by atoms with van der Waals surface area (Å²) in [6.45, 7) is 3.97. The highest BCUT2D eigenvalue weighted by Crippen LogP contribution is 2.40. The molecular formula is C18H24ClFN4O2. The second-order valence-electron chi connectivity index (χ2n) is 6.86. The first-order chi connectivity index (χ1) is 12.2. The molecule has 1 aromatic heterocycles. The maximum Gasteiger partial charge on any atom is 0.237 e. The van der Waals surface area contributed by atoms with E-state index in [1.54, 1.807) is 0 Å². The lowest BCUT2D eigenvalue weighted by molar-refractivity contribution is 0.0523. The van der Waals surface area contributed by atoms with Crippen LogP contribution in [0.3, 0.4) is 0 Å². The van der Waals surface area contributed by atoms with Gasteiger partial charge in [-0.15, -0.1) is 12.4 Å². The van der Waals surface area contributed by atoms with Gasteiger partial charge in [0.05, 0.1) is 11.5 Å². The molecule has 1 N–H and O–H groups in total. The number of nitrogens with zero attached hydrogens (tertiary/aromatic N) is 3. The van der Waals surface area contributed by atoms with Gasteiger partial charge in [0.2, 0.25) is 5.89 Å². The van der Waals surface area contributed by atoms with Crippen LogP contribution in [0, 0.1) is 5.82 Å². The van der Waals surface area contributed by atoms with Crippen LogP contribution in [0.2, 0.25) is 0 Å². The predicted molar refractivity (Wildman–Crippen MR) is 97.0 cm³/mol. The minimum Gasteiger partial charge on any atom is -0.381 e. The third kappa shape index (κ3) is 3.49. The van der Waals surface area contributed by atoms with E-state index in [9.17, 15) is 4.39 Å². The van der Waals surface area contributed by atoms with Gasteiger partial charge in [0.1, 0.15) is 5.82 Å². The van der Waals surface area contributed by atoms with E-state index in [0.29, 0.717) is 24.9 Å². The van der Waals surface area contributed by atoms with E-state index in [1.165, 1.54) is 12.1 Å². The number of piperazine rings is 1. The number of ether oxygens (including phenoxy) is 1. The van der Waals surface area contributed by atoms with Crippen molar-refractivity contribution in [2.45, 2.75) is 24.3 Å². The Bertz CT molecular complexity index is 718. The molecule has 2 fully saturated rings. The fraction of sp³-hybridized carbons (Fsp3) is 0.556. The molecule has 142 valence electrons. The van der Waals surface area contributed by atoms with Crippen LogP contribution in [-0.2, 0) is 10.2 Å². The molecule has 1 unspecified atom stereocenters. The Labute approximate surface area is 158 Å². The Morgan fingerprint density at radius 2 is 1.96 bits per heavy atom. The van der Waals surface area contributed by atoms with Gasteiger partial charge in [0.25, 0.3) is 0 Å². The zero-order chi connectivity index (χ0) is 17.3. The second-order valence-corrected chi connectivity index (χ2v) is 6.86. The zero-order valence-corrected chi connectivity index (χ0v) is 15.6. The summed E-state index contributed by atoms with van der Waals surface area (Å²) in [6.07, 6.45) is 1.50. The molecule has 26 heavy (non-hydrogen) atoms. The summed E-state index contributed by atoms with van der Waals surface area (Å²) in [5.74, 6) is 1.07. The van der Waals surface area contributed by atoms with Crippen molar-refractivity contribution >= 4 is 12.4 Å². The summed E-state index contributed by atoms with van der Waals surface area (Å²) in [6, 6.07) is 6.72. The van der Waals surface area contributed by atoms with E-state index in [0.717, 1.165) is 38.0 Å². The number of aromatic nitrogens is 2. The van der Waals surface area contributed by atoms with Crippen molar-refractivity contribution in [2.24, 2.45) is 0 Å². The van der Waals surface area contributed by atoms with Gasteiger partial charge in [-0.1, -0.05) is 17.3 Å². The van der Waals surface area contributed by atoms with Crippen LogP contribution in [0.1, 0.15) is 36.2 Å². The monoisotopic (exact) mass is 382 g/mol. The van der Waals surface area contributed by atoms with E-state index in [2.05, 4.69) is 22.4 Å². The summed E-state index contributed by atoms with van der Waals surface area (Å²) in [7, 11) is 2.08. The SMILES string of the molecule is CN1CCNCC1c1noc(C2(c3ccc(F)cc3)CCOCC2)n1.Cl. The van der Waals surface area contributed by atoms with E-state index in [1.807, 2.05) is 12.1 Å². The molecule has 8 heteroatoms. The molecule has 1 atom stereocenters. The highest BCUT2D eigenvalue weighted by Gasteiger charge is 2.42. The highest BCUT2D eigenvalue weighted by atomic mass is 35.5. The molecular weight excluding hydrogens is 359 g/mol. The molecule has 0 aliphatic carbocycles.